The van der Waals surface area contributed by atoms with E-state index in [9.17, 15) is 0 Å². The van der Waals surface area contributed by atoms with E-state index in [2.05, 4.69) is 146 Å². The van der Waals surface area contributed by atoms with Crippen LogP contribution in [0.25, 0.3) is 0 Å². The molecule has 0 saturated heterocycles. The highest BCUT2D eigenvalue weighted by molar-refractivity contribution is 5.73. The van der Waals surface area contributed by atoms with Crippen LogP contribution < -0.4 is 4.90 Å². The van der Waals surface area contributed by atoms with Gasteiger partial charge in [-0.15, -0.1) is 0 Å². The minimum atomic E-state index is -0.00280. The summed E-state index contributed by atoms with van der Waals surface area (Å²) in [7, 11) is 4.32. The van der Waals surface area contributed by atoms with Crippen LogP contribution in [0.5, 0.6) is 5.75 Å². The fourth-order valence-electron chi connectivity index (χ4n) is 6.61. The highest BCUT2D eigenvalue weighted by Crippen LogP contribution is 2.52. The molecule has 2 nitrogen and oxygen atoms in total. The molecule has 2 aromatic carbocycles. The van der Waals surface area contributed by atoms with Gasteiger partial charge in [0.05, 0.1) is 11.0 Å². The summed E-state index contributed by atoms with van der Waals surface area (Å²) in [6.45, 7) is 18.2. The Kier molecular flexibility index (Phi) is 6.38. The first-order chi connectivity index (χ1) is 16.4. The Bertz CT molecular complexity index is 1270. The lowest BCUT2D eigenvalue weighted by molar-refractivity contribution is -0.0541. The minimum absolute atomic E-state index is 0.00280. The van der Waals surface area contributed by atoms with Crippen LogP contribution >= 0.6 is 0 Å². The number of likely N-dealkylation sites (N-methyl/N-ethyl adjacent to an activating group) is 1. The molecule has 4 rings (SSSR count). The summed E-state index contributed by atoms with van der Waals surface area (Å²) >= 11 is 0. The molecule has 1 unspecified atom stereocenters. The SMILES string of the molecule is Cc1cc(C)c2c(c1)N(C)\C(=C/C=C/C=C/C=C/C1[O+](C)c3cc(C)cc(C)c3C1(C)C)C2(C)C. The lowest BCUT2D eigenvalue weighted by Crippen LogP contribution is -2.31. The van der Waals surface area contributed by atoms with Crippen LogP contribution in [0.2, 0.25) is 0 Å². The van der Waals surface area contributed by atoms with Crippen LogP contribution in [0.4, 0.5) is 5.69 Å². The molecule has 2 heterocycles. The van der Waals surface area contributed by atoms with Crippen molar-refractivity contribution in [3.8, 4) is 5.75 Å². The fourth-order valence-corrected chi connectivity index (χ4v) is 6.61. The van der Waals surface area contributed by atoms with Gasteiger partial charge in [0.15, 0.2) is 7.11 Å². The van der Waals surface area contributed by atoms with E-state index in [4.69, 9.17) is 0 Å². The molecule has 0 N–H and O–H groups in total. The summed E-state index contributed by atoms with van der Waals surface area (Å²) in [5.41, 5.74) is 11.0. The molecule has 0 amide bonds. The lowest BCUT2D eigenvalue weighted by Gasteiger charge is -2.26. The monoisotopic (exact) mass is 468 g/mol. The highest BCUT2D eigenvalue weighted by atomic mass is 16.7. The van der Waals surface area contributed by atoms with Crippen molar-refractivity contribution in [2.75, 3.05) is 19.1 Å². The molecule has 2 aliphatic rings. The third-order valence-corrected chi connectivity index (χ3v) is 7.96. The normalized spacial score (nSPS) is 21.8. The number of nitrogens with zero attached hydrogens (tertiary/aromatic N) is 1. The Morgan fingerprint density at radius 2 is 1.34 bits per heavy atom. The van der Waals surface area contributed by atoms with E-state index in [1.54, 1.807) is 0 Å². The van der Waals surface area contributed by atoms with E-state index >= 15 is 0 Å². The van der Waals surface area contributed by atoms with E-state index in [1.165, 1.54) is 50.5 Å². The van der Waals surface area contributed by atoms with Gasteiger partial charge in [-0.3, -0.25) is 0 Å². The molecular formula is C33H42NO+. The molecule has 0 bridgehead atoms. The Balaban J connectivity index is 1.48. The summed E-state index contributed by atoms with van der Waals surface area (Å²) in [6.07, 6.45) is 15.5. The summed E-state index contributed by atoms with van der Waals surface area (Å²) < 4.78 is 3.38. The number of fused-ring (bicyclic) bond motifs is 2. The van der Waals surface area contributed by atoms with Gasteiger partial charge in [0.25, 0.3) is 5.75 Å². The predicted octanol–water partition coefficient (Wildman–Crippen LogP) is 8.46. The molecule has 0 aliphatic carbocycles. The quantitative estimate of drug-likeness (QED) is 0.322. The van der Waals surface area contributed by atoms with Crippen molar-refractivity contribution >= 4 is 5.69 Å². The first-order valence-electron chi connectivity index (χ1n) is 12.7. The zero-order valence-corrected chi connectivity index (χ0v) is 23.3. The van der Waals surface area contributed by atoms with E-state index in [-0.39, 0.29) is 16.9 Å². The average molecular weight is 469 g/mol. The van der Waals surface area contributed by atoms with Crippen molar-refractivity contribution in [1.82, 2.24) is 0 Å². The number of rotatable bonds is 4. The molecule has 2 heteroatoms. The van der Waals surface area contributed by atoms with E-state index in [0.29, 0.717) is 0 Å². The average Bonchev–Trinajstić information content (AvgIpc) is 3.05. The maximum absolute atomic E-state index is 3.38. The fraction of sp³-hybridized carbons (Fsp3) is 0.394. The largest absolute Gasteiger partial charge is 0.568 e. The van der Waals surface area contributed by atoms with Crippen molar-refractivity contribution in [1.29, 1.82) is 0 Å². The predicted molar refractivity (Wildman–Crippen MR) is 152 cm³/mol. The van der Waals surface area contributed by atoms with Crippen molar-refractivity contribution in [2.45, 2.75) is 72.3 Å². The minimum Gasteiger partial charge on any atom is -0.568 e. The van der Waals surface area contributed by atoms with Gasteiger partial charge < -0.3 is 9.27 Å². The number of anilines is 1. The van der Waals surface area contributed by atoms with Gasteiger partial charge in [0.2, 0.25) is 6.10 Å². The Hall–Kier alpha value is -3.00. The van der Waals surface area contributed by atoms with Gasteiger partial charge in [0.1, 0.15) is 0 Å². The molecule has 0 saturated carbocycles. The molecule has 0 aromatic heterocycles. The van der Waals surface area contributed by atoms with Crippen molar-refractivity contribution in [3.63, 3.8) is 0 Å². The molecule has 2 aliphatic heterocycles. The molecule has 0 radical (unpaired) electrons. The Labute approximate surface area is 213 Å². The van der Waals surface area contributed by atoms with Gasteiger partial charge in [-0.1, -0.05) is 56.4 Å². The Morgan fingerprint density at radius 1 is 0.771 bits per heavy atom. The maximum atomic E-state index is 3.38. The van der Waals surface area contributed by atoms with Crippen molar-refractivity contribution in [2.24, 2.45) is 0 Å². The third-order valence-electron chi connectivity index (χ3n) is 7.96. The van der Waals surface area contributed by atoms with Crippen LogP contribution in [0.3, 0.4) is 0 Å². The van der Waals surface area contributed by atoms with E-state index in [0.717, 1.165) is 0 Å². The molecule has 184 valence electrons. The number of aryl methyl sites for hydroxylation is 4. The molecule has 0 spiro atoms. The van der Waals surface area contributed by atoms with Crippen LogP contribution in [-0.2, 0) is 15.2 Å². The van der Waals surface area contributed by atoms with Gasteiger partial charge in [-0.05, 0) is 81.5 Å². The van der Waals surface area contributed by atoms with E-state index in [1.807, 2.05) is 0 Å². The second kappa shape index (κ2) is 8.90. The van der Waals surface area contributed by atoms with Crippen molar-refractivity contribution in [3.05, 3.63) is 106 Å². The third kappa shape index (κ3) is 4.18. The van der Waals surface area contributed by atoms with Crippen LogP contribution in [-0.4, -0.2) is 20.3 Å². The summed E-state index contributed by atoms with van der Waals surface area (Å²) in [5, 5.41) is 0. The second-order valence-corrected chi connectivity index (χ2v) is 11.5. The van der Waals surface area contributed by atoms with Gasteiger partial charge in [-0.25, -0.2) is 0 Å². The number of hydrogen-bond donors (Lipinski definition) is 0. The van der Waals surface area contributed by atoms with Gasteiger partial charge in [0, 0.05) is 36.0 Å². The molecular weight excluding hydrogens is 426 g/mol. The maximum Gasteiger partial charge on any atom is 0.260 e. The van der Waals surface area contributed by atoms with Crippen LogP contribution in [0.15, 0.2) is 72.5 Å². The second-order valence-electron chi connectivity index (χ2n) is 11.5. The topological polar surface area (TPSA) is 5.94 Å². The van der Waals surface area contributed by atoms with Crippen molar-refractivity contribution < 1.29 is 4.37 Å². The van der Waals surface area contributed by atoms with Crippen LogP contribution in [0, 0.1) is 27.7 Å². The lowest BCUT2D eigenvalue weighted by atomic mass is 9.78. The van der Waals surface area contributed by atoms with Gasteiger partial charge >= 0.3 is 0 Å². The summed E-state index contributed by atoms with van der Waals surface area (Å²) in [6, 6.07) is 9.19. The standard InChI is InChI=1S/C33H42NO/c1-22-18-24(3)30-26(20-22)34(9)28(32(30,5)6)16-14-12-11-13-15-17-29-33(7,8)31-25(4)19-23(2)21-27(31)35(29)10/h11-21,29H,1-10H3/q+1/b13-11+,14-12+,17-15+,28-16-. The number of hydrogen-bond acceptors (Lipinski definition) is 1. The zero-order chi connectivity index (χ0) is 25.7. The smallest absolute Gasteiger partial charge is 0.260 e. The number of benzene rings is 2. The van der Waals surface area contributed by atoms with E-state index < -0.39 is 0 Å². The Morgan fingerprint density at radius 3 is 2.03 bits per heavy atom. The first-order valence-corrected chi connectivity index (χ1v) is 12.7. The van der Waals surface area contributed by atoms with Crippen LogP contribution in [0.1, 0.15) is 61.1 Å². The molecule has 1 atom stereocenters. The van der Waals surface area contributed by atoms with Gasteiger partial charge in [-0.2, -0.15) is 0 Å². The highest BCUT2D eigenvalue weighted by Gasteiger charge is 2.49. The zero-order valence-electron chi connectivity index (χ0n) is 23.3. The first kappa shape index (κ1) is 25.1. The summed E-state index contributed by atoms with van der Waals surface area (Å²) in [5.74, 6) is 1.28. The summed E-state index contributed by atoms with van der Waals surface area (Å²) in [4.78, 5) is 2.35. The molecule has 2 aromatic rings. The number of allylic oxidation sites excluding steroid dienone is 7. The molecule has 35 heavy (non-hydrogen) atoms. The molecule has 0 fully saturated rings.